The highest BCUT2D eigenvalue weighted by atomic mass is 19.1. The van der Waals surface area contributed by atoms with E-state index in [1.54, 1.807) is 29.2 Å². The van der Waals surface area contributed by atoms with Gasteiger partial charge in [-0.25, -0.2) is 9.18 Å². The third-order valence-electron chi connectivity index (χ3n) is 4.69. The van der Waals surface area contributed by atoms with E-state index < -0.39 is 11.6 Å². The predicted octanol–water partition coefficient (Wildman–Crippen LogP) is 3.19. The first-order valence-electron chi connectivity index (χ1n) is 8.18. The minimum atomic E-state index is -0.593. The van der Waals surface area contributed by atoms with Crippen LogP contribution in [-0.2, 0) is 13.6 Å². The van der Waals surface area contributed by atoms with E-state index in [0.717, 1.165) is 22.5 Å². The molecule has 0 saturated carbocycles. The van der Waals surface area contributed by atoms with Crippen molar-refractivity contribution in [3.8, 4) is 11.1 Å². The summed E-state index contributed by atoms with van der Waals surface area (Å²) in [5.74, 6) is -1.17. The van der Waals surface area contributed by atoms with Gasteiger partial charge in [0.05, 0.1) is 17.8 Å². The van der Waals surface area contributed by atoms with E-state index in [1.165, 1.54) is 10.6 Å². The van der Waals surface area contributed by atoms with Crippen molar-refractivity contribution in [2.24, 2.45) is 7.05 Å². The van der Waals surface area contributed by atoms with Gasteiger partial charge in [0.2, 0.25) is 0 Å². The number of rotatable bonds is 3. The SMILES string of the molecule is Cc1nn(C)c(C)c1Cn1c(=O)oc2c(F)cc(-c3cccnc3)cc21. The number of aromatic nitrogens is 4. The zero-order chi connectivity index (χ0) is 18.4. The largest absolute Gasteiger partial charge is 0.420 e. The fourth-order valence-corrected chi connectivity index (χ4v) is 3.18. The van der Waals surface area contributed by atoms with Crippen LogP contribution in [0.4, 0.5) is 4.39 Å². The van der Waals surface area contributed by atoms with Gasteiger partial charge in [0.1, 0.15) is 0 Å². The van der Waals surface area contributed by atoms with Crippen LogP contribution in [0.5, 0.6) is 0 Å². The fraction of sp³-hybridized carbons (Fsp3) is 0.211. The summed E-state index contributed by atoms with van der Waals surface area (Å²) < 4.78 is 22.9. The molecular weight excluding hydrogens is 335 g/mol. The van der Waals surface area contributed by atoms with Gasteiger partial charge in [0.15, 0.2) is 11.4 Å². The maximum Gasteiger partial charge on any atom is 0.420 e. The Labute approximate surface area is 148 Å². The van der Waals surface area contributed by atoms with E-state index in [1.807, 2.05) is 27.0 Å². The van der Waals surface area contributed by atoms with Crippen molar-refractivity contribution in [3.05, 3.63) is 70.0 Å². The number of halogens is 1. The molecule has 0 aliphatic carbocycles. The average Bonchev–Trinajstić information content (AvgIpc) is 3.07. The van der Waals surface area contributed by atoms with E-state index in [9.17, 15) is 9.18 Å². The number of fused-ring (bicyclic) bond motifs is 1. The number of nitrogens with zero attached hydrogens (tertiary/aromatic N) is 4. The molecule has 0 N–H and O–H groups in total. The maximum atomic E-state index is 14.5. The molecule has 0 spiro atoms. The molecule has 3 aromatic heterocycles. The van der Waals surface area contributed by atoms with Crippen molar-refractivity contribution in [2.45, 2.75) is 20.4 Å². The molecule has 132 valence electrons. The number of aryl methyl sites for hydroxylation is 2. The van der Waals surface area contributed by atoms with Crippen LogP contribution in [0.25, 0.3) is 22.2 Å². The van der Waals surface area contributed by atoms with Gasteiger partial charge >= 0.3 is 5.76 Å². The number of benzene rings is 1. The van der Waals surface area contributed by atoms with Crippen LogP contribution in [0.3, 0.4) is 0 Å². The molecule has 3 heterocycles. The zero-order valence-electron chi connectivity index (χ0n) is 14.7. The normalized spacial score (nSPS) is 11.4. The standard InChI is InChI=1S/C19H17FN4O2/c1-11-15(12(2)23(3)22-11)10-24-17-8-14(13-5-4-6-21-9-13)7-16(20)18(17)26-19(24)25/h4-9H,10H2,1-3H3. The Hall–Kier alpha value is -3.22. The molecule has 7 heteroatoms. The van der Waals surface area contributed by atoms with E-state index in [0.29, 0.717) is 11.1 Å². The van der Waals surface area contributed by atoms with Crippen LogP contribution in [0.2, 0.25) is 0 Å². The van der Waals surface area contributed by atoms with Crippen molar-refractivity contribution >= 4 is 11.1 Å². The molecule has 0 amide bonds. The molecule has 0 radical (unpaired) electrons. The third-order valence-corrected chi connectivity index (χ3v) is 4.69. The number of oxazole rings is 1. The highest BCUT2D eigenvalue weighted by Crippen LogP contribution is 2.27. The van der Waals surface area contributed by atoms with Crippen molar-refractivity contribution in [1.29, 1.82) is 0 Å². The van der Waals surface area contributed by atoms with Gasteiger partial charge in [-0.15, -0.1) is 0 Å². The molecule has 0 bridgehead atoms. The minimum absolute atomic E-state index is 0.0400. The van der Waals surface area contributed by atoms with Crippen molar-refractivity contribution in [3.63, 3.8) is 0 Å². The lowest BCUT2D eigenvalue weighted by Crippen LogP contribution is -2.15. The van der Waals surface area contributed by atoms with Crippen molar-refractivity contribution < 1.29 is 8.81 Å². The number of hydrogen-bond acceptors (Lipinski definition) is 4. The molecule has 0 aliphatic heterocycles. The van der Waals surface area contributed by atoms with Crippen LogP contribution < -0.4 is 5.76 Å². The maximum absolute atomic E-state index is 14.5. The summed E-state index contributed by atoms with van der Waals surface area (Å²) in [6, 6.07) is 6.72. The fourth-order valence-electron chi connectivity index (χ4n) is 3.18. The summed E-state index contributed by atoms with van der Waals surface area (Å²) in [6.45, 7) is 4.09. The van der Waals surface area contributed by atoms with Crippen LogP contribution >= 0.6 is 0 Å². The Morgan fingerprint density at radius 3 is 2.69 bits per heavy atom. The molecule has 0 saturated heterocycles. The zero-order valence-corrected chi connectivity index (χ0v) is 14.7. The Morgan fingerprint density at radius 2 is 2.04 bits per heavy atom. The Balaban J connectivity index is 1.91. The second-order valence-electron chi connectivity index (χ2n) is 6.28. The second-order valence-corrected chi connectivity index (χ2v) is 6.28. The second kappa shape index (κ2) is 5.94. The van der Waals surface area contributed by atoms with E-state index in [2.05, 4.69) is 10.1 Å². The lowest BCUT2D eigenvalue weighted by Gasteiger charge is -2.06. The summed E-state index contributed by atoms with van der Waals surface area (Å²) in [5.41, 5.74) is 4.48. The molecule has 0 aliphatic rings. The highest BCUT2D eigenvalue weighted by Gasteiger charge is 2.18. The molecule has 4 aromatic rings. The lowest BCUT2D eigenvalue weighted by molar-refractivity contribution is 0.498. The van der Waals surface area contributed by atoms with Gasteiger partial charge in [0.25, 0.3) is 0 Å². The molecule has 26 heavy (non-hydrogen) atoms. The molecule has 1 aromatic carbocycles. The topological polar surface area (TPSA) is 65.8 Å². The van der Waals surface area contributed by atoms with Gasteiger partial charge < -0.3 is 4.42 Å². The van der Waals surface area contributed by atoms with Gasteiger partial charge in [-0.2, -0.15) is 5.10 Å². The van der Waals surface area contributed by atoms with Gasteiger partial charge in [0, 0.05) is 36.3 Å². The lowest BCUT2D eigenvalue weighted by atomic mass is 10.1. The number of pyridine rings is 1. The first-order chi connectivity index (χ1) is 12.5. The smallest absolute Gasteiger partial charge is 0.405 e. The summed E-state index contributed by atoms with van der Waals surface area (Å²) in [5, 5.41) is 4.37. The summed E-state index contributed by atoms with van der Waals surface area (Å²) >= 11 is 0. The van der Waals surface area contributed by atoms with Gasteiger partial charge in [-0.3, -0.25) is 14.2 Å². The Kier molecular flexibility index (Phi) is 3.72. The average molecular weight is 352 g/mol. The summed E-state index contributed by atoms with van der Waals surface area (Å²) in [6.07, 6.45) is 3.30. The first-order valence-corrected chi connectivity index (χ1v) is 8.18. The van der Waals surface area contributed by atoms with E-state index in [-0.39, 0.29) is 12.1 Å². The van der Waals surface area contributed by atoms with Gasteiger partial charge in [-0.1, -0.05) is 6.07 Å². The summed E-state index contributed by atoms with van der Waals surface area (Å²) in [7, 11) is 1.85. The molecular formula is C19H17FN4O2. The van der Waals surface area contributed by atoms with Crippen LogP contribution in [0.15, 0.2) is 45.9 Å². The summed E-state index contributed by atoms with van der Waals surface area (Å²) in [4.78, 5) is 16.4. The van der Waals surface area contributed by atoms with Crippen LogP contribution in [0.1, 0.15) is 17.0 Å². The third kappa shape index (κ3) is 2.52. The number of hydrogen-bond donors (Lipinski definition) is 0. The van der Waals surface area contributed by atoms with Crippen LogP contribution in [-0.4, -0.2) is 19.3 Å². The Bertz CT molecular complexity index is 1170. The van der Waals surface area contributed by atoms with Crippen LogP contribution in [0, 0.1) is 19.7 Å². The van der Waals surface area contributed by atoms with E-state index >= 15 is 0 Å². The minimum Gasteiger partial charge on any atom is -0.405 e. The predicted molar refractivity (Wildman–Crippen MR) is 95.4 cm³/mol. The monoisotopic (exact) mass is 352 g/mol. The molecule has 4 rings (SSSR count). The van der Waals surface area contributed by atoms with Crippen molar-refractivity contribution in [2.75, 3.05) is 0 Å². The molecule has 0 fully saturated rings. The quantitative estimate of drug-likeness (QED) is 0.568. The van der Waals surface area contributed by atoms with E-state index in [4.69, 9.17) is 4.42 Å². The van der Waals surface area contributed by atoms with Crippen molar-refractivity contribution in [1.82, 2.24) is 19.3 Å². The molecule has 6 nitrogen and oxygen atoms in total. The highest BCUT2D eigenvalue weighted by molar-refractivity contribution is 5.81. The van der Waals surface area contributed by atoms with Gasteiger partial charge in [-0.05, 0) is 37.6 Å². The Morgan fingerprint density at radius 1 is 1.23 bits per heavy atom. The molecule has 0 unspecified atom stereocenters. The molecule has 0 atom stereocenters. The first kappa shape index (κ1) is 16.3.